The van der Waals surface area contributed by atoms with Gasteiger partial charge in [0, 0.05) is 24.1 Å². The van der Waals surface area contributed by atoms with Gasteiger partial charge in [-0.15, -0.1) is 0 Å². The van der Waals surface area contributed by atoms with Gasteiger partial charge in [-0.3, -0.25) is 0 Å². The standard InChI is InChI=1S/C29H36BrF2N3OS/c1-28(2,3)19-9-7-10-20(15-19)29(13-5-4-6-14-29)34-17-25(36)24(35-26-18-33-27(30)37-26)16-21-22(31)11-8-12-23(21)32/h7-12,15,18,24-25,34-36H,4-6,13-14,16-17H2,1-3H3. The Morgan fingerprint density at radius 3 is 2.38 bits per heavy atom. The topological polar surface area (TPSA) is 57.2 Å². The molecule has 2 atom stereocenters. The Bertz CT molecular complexity index is 1170. The van der Waals surface area contributed by atoms with Crippen LogP contribution in [0.1, 0.15) is 69.6 Å². The average Bonchev–Trinajstić information content (AvgIpc) is 3.28. The number of rotatable bonds is 9. The second-order valence-electron chi connectivity index (χ2n) is 11.1. The summed E-state index contributed by atoms with van der Waals surface area (Å²) in [5.74, 6) is -1.22. The fourth-order valence-corrected chi connectivity index (χ4v) is 6.41. The summed E-state index contributed by atoms with van der Waals surface area (Å²) in [5, 5.41) is 19.1. The van der Waals surface area contributed by atoms with E-state index < -0.39 is 23.8 Å². The summed E-state index contributed by atoms with van der Waals surface area (Å²) in [6.07, 6.45) is 6.14. The van der Waals surface area contributed by atoms with Crippen molar-refractivity contribution in [1.29, 1.82) is 0 Å². The zero-order valence-corrected chi connectivity index (χ0v) is 24.1. The lowest BCUT2D eigenvalue weighted by Gasteiger charge is -2.41. The molecule has 0 spiro atoms. The molecule has 1 aliphatic carbocycles. The van der Waals surface area contributed by atoms with Gasteiger partial charge < -0.3 is 15.7 Å². The van der Waals surface area contributed by atoms with Gasteiger partial charge in [0.2, 0.25) is 0 Å². The Morgan fingerprint density at radius 1 is 1.08 bits per heavy atom. The molecule has 37 heavy (non-hydrogen) atoms. The van der Waals surface area contributed by atoms with Crippen molar-refractivity contribution in [2.45, 2.75) is 82.4 Å². The van der Waals surface area contributed by atoms with Crippen LogP contribution >= 0.6 is 27.3 Å². The predicted octanol–water partition coefficient (Wildman–Crippen LogP) is 7.31. The van der Waals surface area contributed by atoms with E-state index in [-0.39, 0.29) is 29.5 Å². The van der Waals surface area contributed by atoms with E-state index in [9.17, 15) is 13.9 Å². The van der Waals surface area contributed by atoms with Crippen molar-refractivity contribution in [3.05, 3.63) is 80.9 Å². The van der Waals surface area contributed by atoms with Crippen molar-refractivity contribution < 1.29 is 13.9 Å². The Balaban J connectivity index is 1.58. The second-order valence-corrected chi connectivity index (χ2v) is 13.4. The third kappa shape index (κ3) is 6.96. The largest absolute Gasteiger partial charge is 0.390 e. The Labute approximate surface area is 231 Å². The van der Waals surface area contributed by atoms with Gasteiger partial charge in [0.15, 0.2) is 3.92 Å². The highest BCUT2D eigenvalue weighted by Crippen LogP contribution is 2.39. The van der Waals surface area contributed by atoms with E-state index in [2.05, 4.69) is 76.6 Å². The van der Waals surface area contributed by atoms with Crippen molar-refractivity contribution in [3.8, 4) is 0 Å². The highest BCUT2D eigenvalue weighted by Gasteiger charge is 2.35. The molecule has 4 rings (SSSR count). The first-order valence-electron chi connectivity index (χ1n) is 12.9. The molecule has 8 heteroatoms. The molecule has 1 heterocycles. The first-order valence-corrected chi connectivity index (χ1v) is 14.5. The molecule has 0 saturated heterocycles. The Kier molecular flexibility index (Phi) is 9.04. The molecule has 1 aliphatic rings. The van der Waals surface area contributed by atoms with Crippen LogP contribution in [0.5, 0.6) is 0 Å². The minimum atomic E-state index is -0.899. The average molecular weight is 593 g/mol. The number of halogens is 3. The van der Waals surface area contributed by atoms with Crippen LogP contribution in [0.2, 0.25) is 0 Å². The lowest BCUT2D eigenvalue weighted by atomic mass is 9.74. The van der Waals surface area contributed by atoms with Crippen molar-refractivity contribution in [2.75, 3.05) is 11.9 Å². The zero-order valence-electron chi connectivity index (χ0n) is 21.7. The molecular weight excluding hydrogens is 556 g/mol. The van der Waals surface area contributed by atoms with Gasteiger partial charge in [0.25, 0.3) is 0 Å². The minimum Gasteiger partial charge on any atom is -0.390 e. The van der Waals surface area contributed by atoms with Crippen LogP contribution in [-0.2, 0) is 17.4 Å². The molecule has 1 saturated carbocycles. The molecular formula is C29H36BrF2N3OS. The summed E-state index contributed by atoms with van der Waals surface area (Å²) in [7, 11) is 0. The molecule has 0 aliphatic heterocycles. The fourth-order valence-electron chi connectivity index (χ4n) is 5.18. The number of benzene rings is 2. The Morgan fingerprint density at radius 2 is 1.76 bits per heavy atom. The molecule has 1 fully saturated rings. The maximum absolute atomic E-state index is 14.5. The molecule has 0 amide bonds. The summed E-state index contributed by atoms with van der Waals surface area (Å²) >= 11 is 4.73. The number of hydrogen-bond donors (Lipinski definition) is 3. The summed E-state index contributed by atoms with van der Waals surface area (Å²) < 4.78 is 29.7. The molecule has 200 valence electrons. The van der Waals surface area contributed by atoms with Gasteiger partial charge in [-0.05, 0) is 57.4 Å². The van der Waals surface area contributed by atoms with Crippen molar-refractivity contribution in [2.24, 2.45) is 0 Å². The molecule has 2 aromatic carbocycles. The molecule has 0 bridgehead atoms. The van der Waals surface area contributed by atoms with E-state index in [1.54, 1.807) is 6.20 Å². The molecule has 4 nitrogen and oxygen atoms in total. The van der Waals surface area contributed by atoms with E-state index in [4.69, 9.17) is 0 Å². The van der Waals surface area contributed by atoms with E-state index in [1.165, 1.54) is 47.1 Å². The maximum atomic E-state index is 14.5. The molecule has 0 radical (unpaired) electrons. The number of thiazole rings is 1. The second kappa shape index (κ2) is 11.9. The van der Waals surface area contributed by atoms with Gasteiger partial charge in [0.05, 0.1) is 18.3 Å². The third-order valence-electron chi connectivity index (χ3n) is 7.39. The highest BCUT2D eigenvalue weighted by molar-refractivity contribution is 9.11. The number of aliphatic hydroxyl groups is 1. The van der Waals surface area contributed by atoms with Crippen molar-refractivity contribution in [3.63, 3.8) is 0 Å². The van der Waals surface area contributed by atoms with Gasteiger partial charge in [-0.2, -0.15) is 0 Å². The number of aliphatic hydroxyl groups excluding tert-OH is 1. The normalized spacial score (nSPS) is 17.4. The van der Waals surface area contributed by atoms with Crippen LogP contribution in [0.25, 0.3) is 0 Å². The zero-order chi connectivity index (χ0) is 26.6. The Hall–Kier alpha value is -1.87. The van der Waals surface area contributed by atoms with E-state index in [0.29, 0.717) is 3.92 Å². The van der Waals surface area contributed by atoms with Crippen LogP contribution in [-0.4, -0.2) is 28.8 Å². The highest BCUT2D eigenvalue weighted by atomic mass is 79.9. The number of anilines is 1. The van der Waals surface area contributed by atoms with E-state index in [1.807, 2.05) is 0 Å². The lowest BCUT2D eigenvalue weighted by molar-refractivity contribution is 0.122. The molecule has 2 unspecified atom stereocenters. The van der Waals surface area contributed by atoms with Crippen LogP contribution in [0.4, 0.5) is 13.8 Å². The third-order valence-corrected chi connectivity index (χ3v) is 8.80. The first-order chi connectivity index (χ1) is 17.6. The van der Waals surface area contributed by atoms with Crippen LogP contribution in [0.15, 0.2) is 52.6 Å². The smallest absolute Gasteiger partial charge is 0.161 e. The number of nitrogens with zero attached hydrogens (tertiary/aromatic N) is 1. The number of hydrogen-bond acceptors (Lipinski definition) is 5. The minimum absolute atomic E-state index is 0.00335. The molecule has 1 aromatic heterocycles. The van der Waals surface area contributed by atoms with Crippen LogP contribution < -0.4 is 10.6 Å². The van der Waals surface area contributed by atoms with Crippen LogP contribution in [0.3, 0.4) is 0 Å². The van der Waals surface area contributed by atoms with Crippen LogP contribution in [0, 0.1) is 11.6 Å². The summed E-state index contributed by atoms with van der Waals surface area (Å²) in [6.45, 7) is 6.93. The van der Waals surface area contributed by atoms with Crippen molar-refractivity contribution in [1.82, 2.24) is 10.3 Å². The monoisotopic (exact) mass is 591 g/mol. The van der Waals surface area contributed by atoms with E-state index in [0.717, 1.165) is 30.7 Å². The first kappa shape index (κ1) is 28.1. The van der Waals surface area contributed by atoms with Gasteiger partial charge in [-0.25, -0.2) is 13.8 Å². The quantitative estimate of drug-likeness (QED) is 0.244. The SMILES string of the molecule is CC(C)(C)c1cccc(C2(NCC(O)C(Cc3c(F)cccc3F)Nc3cnc(Br)s3)CCCCC2)c1. The molecule has 3 N–H and O–H groups in total. The number of nitrogens with one attached hydrogen (secondary N) is 2. The van der Waals surface area contributed by atoms with Gasteiger partial charge in [0.1, 0.15) is 16.6 Å². The lowest BCUT2D eigenvalue weighted by Crippen LogP contribution is -2.51. The van der Waals surface area contributed by atoms with Crippen molar-refractivity contribution >= 4 is 32.3 Å². The number of aromatic nitrogens is 1. The fraction of sp³-hybridized carbons (Fsp3) is 0.483. The summed E-state index contributed by atoms with van der Waals surface area (Å²) in [4.78, 5) is 4.20. The summed E-state index contributed by atoms with van der Waals surface area (Å²) in [6, 6.07) is 12.0. The van der Waals surface area contributed by atoms with E-state index >= 15 is 0 Å². The molecule has 3 aromatic rings. The predicted molar refractivity (Wildman–Crippen MR) is 151 cm³/mol. The van der Waals surface area contributed by atoms with Gasteiger partial charge >= 0.3 is 0 Å². The summed E-state index contributed by atoms with van der Waals surface area (Å²) in [5.41, 5.74) is 2.27. The maximum Gasteiger partial charge on any atom is 0.161 e. The van der Waals surface area contributed by atoms with Gasteiger partial charge in [-0.1, -0.05) is 81.7 Å².